The van der Waals surface area contributed by atoms with Crippen LogP contribution in [0, 0.1) is 18.2 Å². The molecule has 0 saturated carbocycles. The van der Waals surface area contributed by atoms with Crippen LogP contribution in [-0.4, -0.2) is 5.91 Å². The van der Waals surface area contributed by atoms with Gasteiger partial charge in [-0.15, -0.1) is 0 Å². The summed E-state index contributed by atoms with van der Waals surface area (Å²) in [6.45, 7) is 8.24. The predicted molar refractivity (Wildman–Crippen MR) is 110 cm³/mol. The number of carbonyl (C=O) groups is 1. The topological polar surface area (TPSA) is 41.1 Å². The Balaban J connectivity index is 1.79. The summed E-state index contributed by atoms with van der Waals surface area (Å²) in [6.07, 6.45) is 3.64. The highest BCUT2D eigenvalue weighted by atomic mass is 19.1. The van der Waals surface area contributed by atoms with Gasteiger partial charge in [0.25, 0.3) is 0 Å². The SMILES string of the molecule is Cc1cc2c(cc1NC(=O)CC(C)(C)C)CCCC2Nc1ccc(F)cc1. The number of hydrogen-bond donors (Lipinski definition) is 2. The number of anilines is 2. The number of aryl methyl sites for hydroxylation is 2. The van der Waals surface area contributed by atoms with Crippen LogP contribution in [0.2, 0.25) is 0 Å². The van der Waals surface area contributed by atoms with Gasteiger partial charge in [-0.1, -0.05) is 26.8 Å². The highest BCUT2D eigenvalue weighted by Crippen LogP contribution is 2.36. The van der Waals surface area contributed by atoms with Crippen molar-refractivity contribution in [3.63, 3.8) is 0 Å². The molecular weight excluding hydrogens is 339 g/mol. The average Bonchev–Trinajstić information content (AvgIpc) is 2.56. The summed E-state index contributed by atoms with van der Waals surface area (Å²) >= 11 is 0. The summed E-state index contributed by atoms with van der Waals surface area (Å²) in [6, 6.07) is 11.0. The van der Waals surface area contributed by atoms with Gasteiger partial charge < -0.3 is 10.6 Å². The van der Waals surface area contributed by atoms with Crippen molar-refractivity contribution in [2.24, 2.45) is 5.41 Å². The van der Waals surface area contributed by atoms with Crippen molar-refractivity contribution in [2.45, 2.75) is 59.4 Å². The van der Waals surface area contributed by atoms with Crippen molar-refractivity contribution in [3.8, 4) is 0 Å². The molecule has 1 aliphatic carbocycles. The third-order valence-corrected chi connectivity index (χ3v) is 4.95. The van der Waals surface area contributed by atoms with E-state index in [2.05, 4.69) is 43.5 Å². The first-order valence-corrected chi connectivity index (χ1v) is 9.67. The lowest BCUT2D eigenvalue weighted by molar-refractivity contribution is -0.117. The van der Waals surface area contributed by atoms with Crippen LogP contribution in [0.1, 0.15) is 62.8 Å². The van der Waals surface area contributed by atoms with Gasteiger partial charge in [-0.3, -0.25) is 4.79 Å². The van der Waals surface area contributed by atoms with Crippen LogP contribution >= 0.6 is 0 Å². The molecule has 144 valence electrons. The van der Waals surface area contributed by atoms with Gasteiger partial charge in [0.1, 0.15) is 5.82 Å². The molecule has 0 aromatic heterocycles. The molecular formula is C23H29FN2O. The highest BCUT2D eigenvalue weighted by Gasteiger charge is 2.23. The van der Waals surface area contributed by atoms with E-state index in [1.165, 1.54) is 23.3 Å². The van der Waals surface area contributed by atoms with Gasteiger partial charge in [-0.05, 0) is 78.6 Å². The van der Waals surface area contributed by atoms with Crippen molar-refractivity contribution in [1.82, 2.24) is 0 Å². The Morgan fingerprint density at radius 1 is 1.19 bits per heavy atom. The molecule has 0 radical (unpaired) electrons. The standard InChI is InChI=1S/C23H29FN2O/c1-15-12-19-16(13-21(15)26-22(27)14-23(2,3)4)6-5-7-20(19)25-18-10-8-17(24)9-11-18/h8-13,20,25H,5-7,14H2,1-4H3,(H,26,27). The molecule has 1 unspecified atom stereocenters. The van der Waals surface area contributed by atoms with Gasteiger partial charge in [0, 0.05) is 17.8 Å². The summed E-state index contributed by atoms with van der Waals surface area (Å²) < 4.78 is 13.1. The van der Waals surface area contributed by atoms with E-state index in [9.17, 15) is 9.18 Å². The minimum atomic E-state index is -0.226. The van der Waals surface area contributed by atoms with Crippen LogP contribution in [0.25, 0.3) is 0 Å². The lowest BCUT2D eigenvalue weighted by atomic mass is 9.85. The number of amides is 1. The van der Waals surface area contributed by atoms with Gasteiger partial charge in [0.2, 0.25) is 5.91 Å². The molecule has 0 bridgehead atoms. The van der Waals surface area contributed by atoms with Gasteiger partial charge in [0.05, 0.1) is 6.04 Å². The summed E-state index contributed by atoms with van der Waals surface area (Å²) in [7, 11) is 0. The van der Waals surface area contributed by atoms with Gasteiger partial charge in [0.15, 0.2) is 0 Å². The second-order valence-corrected chi connectivity index (χ2v) is 8.75. The Morgan fingerprint density at radius 3 is 2.56 bits per heavy atom. The van der Waals surface area contributed by atoms with Crippen molar-refractivity contribution in [2.75, 3.05) is 10.6 Å². The number of carbonyl (C=O) groups excluding carboxylic acids is 1. The normalized spacial score (nSPS) is 16.6. The second kappa shape index (κ2) is 7.71. The Labute approximate surface area is 161 Å². The number of halogens is 1. The summed E-state index contributed by atoms with van der Waals surface area (Å²) in [5.74, 6) is -0.168. The van der Waals surface area contributed by atoms with Crippen molar-refractivity contribution >= 4 is 17.3 Å². The van der Waals surface area contributed by atoms with Crippen LogP contribution in [0.4, 0.5) is 15.8 Å². The molecule has 1 aliphatic rings. The molecule has 0 spiro atoms. The molecule has 27 heavy (non-hydrogen) atoms. The first kappa shape index (κ1) is 19.4. The Hall–Kier alpha value is -2.36. The lowest BCUT2D eigenvalue weighted by Gasteiger charge is -2.29. The molecule has 0 saturated heterocycles. The Kier molecular flexibility index (Phi) is 5.54. The zero-order chi connectivity index (χ0) is 19.6. The number of benzene rings is 2. The van der Waals surface area contributed by atoms with Crippen LogP contribution in [0.5, 0.6) is 0 Å². The maximum absolute atomic E-state index is 13.1. The predicted octanol–water partition coefficient (Wildman–Crippen LogP) is 6.00. The van der Waals surface area contributed by atoms with Crippen LogP contribution in [0.15, 0.2) is 36.4 Å². The first-order chi connectivity index (χ1) is 12.7. The fraction of sp³-hybridized carbons (Fsp3) is 0.435. The molecule has 3 nitrogen and oxygen atoms in total. The molecule has 0 heterocycles. The number of fused-ring (bicyclic) bond motifs is 1. The quantitative estimate of drug-likeness (QED) is 0.695. The zero-order valence-corrected chi connectivity index (χ0v) is 16.7. The van der Waals surface area contributed by atoms with Gasteiger partial charge in [-0.25, -0.2) is 4.39 Å². The largest absolute Gasteiger partial charge is 0.378 e. The average molecular weight is 368 g/mol. The highest BCUT2D eigenvalue weighted by molar-refractivity contribution is 5.92. The molecule has 0 fully saturated rings. The first-order valence-electron chi connectivity index (χ1n) is 9.67. The molecule has 2 aromatic rings. The second-order valence-electron chi connectivity index (χ2n) is 8.75. The third kappa shape index (κ3) is 5.09. The smallest absolute Gasteiger partial charge is 0.224 e. The van der Waals surface area contributed by atoms with Crippen molar-refractivity contribution < 1.29 is 9.18 Å². The zero-order valence-electron chi connectivity index (χ0n) is 16.7. The van der Waals surface area contributed by atoms with Crippen LogP contribution < -0.4 is 10.6 Å². The minimum Gasteiger partial charge on any atom is -0.378 e. The number of hydrogen-bond acceptors (Lipinski definition) is 2. The van der Waals surface area contributed by atoms with E-state index in [1.807, 2.05) is 6.92 Å². The van der Waals surface area contributed by atoms with Crippen molar-refractivity contribution in [1.29, 1.82) is 0 Å². The maximum atomic E-state index is 13.1. The molecule has 3 rings (SSSR count). The van der Waals surface area contributed by atoms with Gasteiger partial charge in [-0.2, -0.15) is 0 Å². The monoisotopic (exact) mass is 368 g/mol. The third-order valence-electron chi connectivity index (χ3n) is 4.95. The van der Waals surface area contributed by atoms with Crippen molar-refractivity contribution in [3.05, 3.63) is 58.9 Å². The molecule has 1 atom stereocenters. The van der Waals surface area contributed by atoms with E-state index in [0.29, 0.717) is 6.42 Å². The van der Waals surface area contributed by atoms with E-state index in [4.69, 9.17) is 0 Å². The minimum absolute atomic E-state index is 0.0314. The fourth-order valence-electron chi connectivity index (χ4n) is 3.68. The molecule has 2 N–H and O–H groups in total. The van der Waals surface area contributed by atoms with Crippen LogP contribution in [-0.2, 0) is 11.2 Å². The molecule has 2 aromatic carbocycles. The Morgan fingerprint density at radius 2 is 1.89 bits per heavy atom. The lowest BCUT2D eigenvalue weighted by Crippen LogP contribution is -2.21. The number of nitrogens with one attached hydrogen (secondary N) is 2. The summed E-state index contributed by atoms with van der Waals surface area (Å²) in [5, 5.41) is 6.62. The Bertz CT molecular complexity index is 822. The van der Waals surface area contributed by atoms with E-state index < -0.39 is 0 Å². The van der Waals surface area contributed by atoms with E-state index >= 15 is 0 Å². The van der Waals surface area contributed by atoms with Gasteiger partial charge >= 0.3 is 0 Å². The molecule has 1 amide bonds. The van der Waals surface area contributed by atoms with E-state index in [-0.39, 0.29) is 23.2 Å². The van der Waals surface area contributed by atoms with E-state index in [1.54, 1.807) is 12.1 Å². The molecule has 4 heteroatoms. The summed E-state index contributed by atoms with van der Waals surface area (Å²) in [4.78, 5) is 12.3. The van der Waals surface area contributed by atoms with E-state index in [0.717, 1.165) is 36.2 Å². The van der Waals surface area contributed by atoms with Crippen LogP contribution in [0.3, 0.4) is 0 Å². The number of rotatable bonds is 4. The maximum Gasteiger partial charge on any atom is 0.224 e. The summed E-state index contributed by atoms with van der Waals surface area (Å²) in [5.41, 5.74) is 5.43. The fourth-order valence-corrected chi connectivity index (χ4v) is 3.68. The molecule has 0 aliphatic heterocycles.